The first-order valence-electron chi connectivity index (χ1n) is 9.69. The van der Waals surface area contributed by atoms with Crippen molar-refractivity contribution >= 4 is 21.4 Å². The van der Waals surface area contributed by atoms with Crippen LogP contribution >= 0.6 is 0 Å². The second kappa shape index (κ2) is 8.31. The maximum Gasteiger partial charge on any atom is 0.252 e. The van der Waals surface area contributed by atoms with E-state index in [9.17, 15) is 8.42 Å². The molecule has 0 spiro atoms. The molecule has 9 nitrogen and oxygen atoms in total. The number of nitrogens with one attached hydrogen (secondary N) is 1. The summed E-state index contributed by atoms with van der Waals surface area (Å²) >= 11 is 0. The van der Waals surface area contributed by atoms with E-state index in [0.29, 0.717) is 23.8 Å². The van der Waals surface area contributed by atoms with Gasteiger partial charge in [0.05, 0.1) is 6.20 Å². The third kappa shape index (κ3) is 4.48. The third-order valence-corrected chi connectivity index (χ3v) is 5.44. The highest BCUT2D eigenvalue weighted by Gasteiger charge is 2.20. The Kier molecular flexibility index (Phi) is 5.55. The first kappa shape index (κ1) is 20.7. The molecule has 0 aliphatic rings. The van der Waals surface area contributed by atoms with E-state index in [4.69, 9.17) is 4.74 Å². The van der Waals surface area contributed by atoms with Gasteiger partial charge in [-0.2, -0.15) is 19.6 Å². The molecule has 0 radical (unpaired) electrons. The highest BCUT2D eigenvalue weighted by molar-refractivity contribution is 7.90. The van der Waals surface area contributed by atoms with Crippen LogP contribution in [0.4, 0.5) is 5.95 Å². The summed E-state index contributed by atoms with van der Waals surface area (Å²) in [6.45, 7) is 4.32. The molecule has 0 fully saturated rings. The Morgan fingerprint density at radius 2 is 1.87 bits per heavy atom. The topological polar surface area (TPSA) is 111 Å². The van der Waals surface area contributed by atoms with E-state index in [1.807, 2.05) is 50.2 Å². The molecule has 0 aliphatic carbocycles. The minimum Gasteiger partial charge on any atom is -0.439 e. The highest BCUT2D eigenvalue weighted by Crippen LogP contribution is 2.26. The fourth-order valence-electron chi connectivity index (χ4n) is 3.01. The summed E-state index contributed by atoms with van der Waals surface area (Å²) in [7, 11) is -3.61. The van der Waals surface area contributed by atoms with Crippen LogP contribution in [0, 0.1) is 0 Å². The summed E-state index contributed by atoms with van der Waals surface area (Å²) in [6.07, 6.45) is 4.43. The predicted molar refractivity (Wildman–Crippen MR) is 116 cm³/mol. The van der Waals surface area contributed by atoms with E-state index in [1.165, 1.54) is 4.52 Å². The molecule has 0 amide bonds. The number of fused-ring (bicyclic) bond motifs is 1. The summed E-state index contributed by atoms with van der Waals surface area (Å²) in [5.41, 5.74) is 2.15. The Morgan fingerprint density at radius 3 is 2.58 bits per heavy atom. The van der Waals surface area contributed by atoms with E-state index >= 15 is 0 Å². The van der Waals surface area contributed by atoms with Crippen molar-refractivity contribution in [3.05, 3.63) is 66.0 Å². The minimum absolute atomic E-state index is 0.125. The number of anilines is 1. The zero-order valence-corrected chi connectivity index (χ0v) is 18.2. The quantitative estimate of drug-likeness (QED) is 0.467. The molecule has 3 heterocycles. The minimum atomic E-state index is -3.61. The molecular weight excluding hydrogens is 416 g/mol. The van der Waals surface area contributed by atoms with Gasteiger partial charge in [-0.3, -0.25) is 0 Å². The second-order valence-electron chi connectivity index (χ2n) is 7.32. The molecule has 3 aromatic heterocycles. The number of nitrogens with zero attached hydrogens (tertiary/aromatic N) is 5. The highest BCUT2D eigenvalue weighted by atomic mass is 32.2. The van der Waals surface area contributed by atoms with Crippen molar-refractivity contribution in [1.29, 1.82) is 0 Å². The van der Waals surface area contributed by atoms with Crippen LogP contribution in [0.25, 0.3) is 5.65 Å². The zero-order chi connectivity index (χ0) is 22.0. The molecule has 4 rings (SSSR count). The van der Waals surface area contributed by atoms with Crippen LogP contribution in [0.5, 0.6) is 11.6 Å². The third-order valence-electron chi connectivity index (χ3n) is 4.59. The number of rotatable bonds is 7. The summed E-state index contributed by atoms with van der Waals surface area (Å²) < 4.78 is 31.7. The Hall–Kier alpha value is -3.53. The van der Waals surface area contributed by atoms with Crippen molar-refractivity contribution in [3.63, 3.8) is 0 Å². The number of benzene rings is 1. The molecule has 31 heavy (non-hydrogen) atoms. The fraction of sp³-hybridized carbons (Fsp3) is 0.238. The summed E-state index contributed by atoms with van der Waals surface area (Å²) in [4.78, 5) is 12.6. The first-order chi connectivity index (χ1) is 14.8. The first-order valence-corrected chi connectivity index (χ1v) is 11.6. The maximum absolute atomic E-state index is 12.2. The molecule has 0 unspecified atom stereocenters. The van der Waals surface area contributed by atoms with Crippen LogP contribution < -0.4 is 10.1 Å². The molecule has 10 heteroatoms. The number of hydrogen-bond acceptors (Lipinski definition) is 8. The summed E-state index contributed by atoms with van der Waals surface area (Å²) in [5, 5.41) is 7.29. The summed E-state index contributed by atoms with van der Waals surface area (Å²) in [6, 6.07) is 12.9. The van der Waals surface area contributed by atoms with Crippen LogP contribution in [-0.4, -0.2) is 39.2 Å². The molecule has 4 aromatic rings. The lowest BCUT2D eigenvalue weighted by molar-refractivity contribution is 0.458. The molecule has 1 aromatic carbocycles. The maximum atomic E-state index is 12.2. The largest absolute Gasteiger partial charge is 0.439 e. The number of pyridine rings is 1. The van der Waals surface area contributed by atoms with Crippen LogP contribution in [0.3, 0.4) is 0 Å². The second-order valence-corrected chi connectivity index (χ2v) is 9.23. The molecule has 0 saturated carbocycles. The lowest BCUT2D eigenvalue weighted by Gasteiger charge is -2.13. The Bertz CT molecular complexity index is 1320. The Balaban J connectivity index is 1.68. The van der Waals surface area contributed by atoms with E-state index in [-0.39, 0.29) is 17.0 Å². The van der Waals surface area contributed by atoms with Gasteiger partial charge in [-0.05, 0) is 18.1 Å². The van der Waals surface area contributed by atoms with Crippen molar-refractivity contribution in [2.45, 2.75) is 31.5 Å². The Labute approximate surface area is 180 Å². The lowest BCUT2D eigenvalue weighted by atomic mass is 10.1. The van der Waals surface area contributed by atoms with E-state index < -0.39 is 9.84 Å². The number of sulfone groups is 1. The van der Waals surface area contributed by atoms with Crippen LogP contribution in [0.1, 0.15) is 30.9 Å². The molecular formula is C21H22N6O3S. The Morgan fingerprint density at radius 1 is 1.10 bits per heavy atom. The molecule has 0 aliphatic heterocycles. The van der Waals surface area contributed by atoms with Gasteiger partial charge in [-0.25, -0.2) is 13.4 Å². The number of hydrogen-bond donors (Lipinski definition) is 1. The van der Waals surface area contributed by atoms with Crippen molar-refractivity contribution < 1.29 is 13.2 Å². The van der Waals surface area contributed by atoms with Gasteiger partial charge >= 0.3 is 0 Å². The van der Waals surface area contributed by atoms with Gasteiger partial charge < -0.3 is 10.1 Å². The van der Waals surface area contributed by atoms with E-state index in [1.54, 1.807) is 18.5 Å². The smallest absolute Gasteiger partial charge is 0.252 e. The van der Waals surface area contributed by atoms with Crippen LogP contribution in [-0.2, 0) is 16.4 Å². The van der Waals surface area contributed by atoms with E-state index in [2.05, 4.69) is 25.4 Å². The van der Waals surface area contributed by atoms with Gasteiger partial charge in [0.15, 0.2) is 5.65 Å². The van der Waals surface area contributed by atoms with Gasteiger partial charge in [0, 0.05) is 36.2 Å². The lowest BCUT2D eigenvalue weighted by Crippen LogP contribution is -2.14. The predicted octanol–water partition coefficient (Wildman–Crippen LogP) is 3.45. The van der Waals surface area contributed by atoms with E-state index in [0.717, 1.165) is 17.4 Å². The fourth-order valence-corrected chi connectivity index (χ4v) is 3.51. The average molecular weight is 439 g/mol. The molecule has 160 valence electrons. The normalized spacial score (nSPS) is 11.7. The SMILES string of the molecule is CC(C)c1cnn2c(NCc3ccccc3Oc3ccccn3)nc(S(C)(=O)=O)nc12. The molecule has 1 N–H and O–H groups in total. The van der Waals surface area contributed by atoms with Crippen molar-refractivity contribution in [2.24, 2.45) is 0 Å². The van der Waals surface area contributed by atoms with Crippen molar-refractivity contribution in [3.8, 4) is 11.6 Å². The summed E-state index contributed by atoms with van der Waals surface area (Å²) in [5.74, 6) is 1.52. The van der Waals surface area contributed by atoms with Gasteiger partial charge in [0.2, 0.25) is 21.7 Å². The molecule has 0 saturated heterocycles. The zero-order valence-electron chi connectivity index (χ0n) is 17.3. The number of para-hydroxylation sites is 1. The molecule has 0 atom stereocenters. The van der Waals surface area contributed by atoms with Crippen LogP contribution in [0.2, 0.25) is 0 Å². The van der Waals surface area contributed by atoms with Gasteiger partial charge in [0.1, 0.15) is 5.75 Å². The van der Waals surface area contributed by atoms with Gasteiger partial charge in [-0.15, -0.1) is 0 Å². The van der Waals surface area contributed by atoms with Crippen molar-refractivity contribution in [2.75, 3.05) is 11.6 Å². The van der Waals surface area contributed by atoms with Gasteiger partial charge in [-0.1, -0.05) is 38.1 Å². The van der Waals surface area contributed by atoms with Crippen LogP contribution in [0.15, 0.2) is 60.0 Å². The standard InChI is InChI=1S/C21H22N6O3S/c1-14(2)16-13-24-27-19(16)25-21(31(3,28)29)26-20(27)23-12-15-8-4-5-9-17(15)30-18-10-6-7-11-22-18/h4-11,13-14H,12H2,1-3H3,(H,23,25,26). The monoisotopic (exact) mass is 438 g/mol. The molecule has 0 bridgehead atoms. The average Bonchev–Trinajstić information content (AvgIpc) is 3.17. The van der Waals surface area contributed by atoms with Crippen molar-refractivity contribution in [1.82, 2.24) is 24.6 Å². The number of ether oxygens (including phenoxy) is 1. The number of aromatic nitrogens is 5. The van der Waals surface area contributed by atoms with Gasteiger partial charge in [0.25, 0.3) is 5.16 Å².